The Bertz CT molecular complexity index is 408. The van der Waals surface area contributed by atoms with Gasteiger partial charge in [-0.3, -0.25) is 0 Å². The minimum atomic E-state index is 0.0811. The lowest BCUT2D eigenvalue weighted by Crippen LogP contribution is -2.30. The van der Waals surface area contributed by atoms with Gasteiger partial charge in [-0.2, -0.15) is 0 Å². The first-order valence-electron chi connectivity index (χ1n) is 7.43. The number of rotatable bonds is 3. The Balaban J connectivity index is 2.24. The highest BCUT2D eigenvalue weighted by Crippen LogP contribution is 2.40. The smallest absolute Gasteiger partial charge is 0.0857 e. The predicted molar refractivity (Wildman–Crippen MR) is 81.5 cm³/mol. The maximum absolute atomic E-state index is 4.40. The van der Waals surface area contributed by atoms with Gasteiger partial charge in [-0.15, -0.1) is 5.10 Å². The Morgan fingerprint density at radius 3 is 2.63 bits per heavy atom. The predicted octanol–water partition coefficient (Wildman–Crippen LogP) is 3.92. The molecular formula is C15H27N3S. The van der Waals surface area contributed by atoms with E-state index in [0.717, 1.165) is 11.8 Å². The van der Waals surface area contributed by atoms with Gasteiger partial charge in [-0.1, -0.05) is 45.0 Å². The molecule has 108 valence electrons. The molecule has 19 heavy (non-hydrogen) atoms. The van der Waals surface area contributed by atoms with E-state index in [9.17, 15) is 0 Å². The van der Waals surface area contributed by atoms with E-state index in [2.05, 4.69) is 49.6 Å². The Kier molecular flexibility index (Phi) is 4.62. The second-order valence-corrected chi connectivity index (χ2v) is 7.82. The minimum absolute atomic E-state index is 0.0811. The van der Waals surface area contributed by atoms with Gasteiger partial charge in [0.1, 0.15) is 0 Å². The Morgan fingerprint density at radius 1 is 1.32 bits per heavy atom. The zero-order valence-corrected chi connectivity index (χ0v) is 13.7. The molecule has 0 bridgehead atoms. The summed E-state index contributed by atoms with van der Waals surface area (Å²) in [5, 5.41) is 7.94. The molecular weight excluding hydrogens is 254 g/mol. The molecule has 0 spiro atoms. The maximum Gasteiger partial charge on any atom is 0.0857 e. The lowest BCUT2D eigenvalue weighted by Gasteiger charge is -2.33. The van der Waals surface area contributed by atoms with Gasteiger partial charge in [-0.25, -0.2) is 0 Å². The lowest BCUT2D eigenvalue weighted by atomic mass is 9.77. The van der Waals surface area contributed by atoms with E-state index < -0.39 is 0 Å². The van der Waals surface area contributed by atoms with Crippen molar-refractivity contribution >= 4 is 11.5 Å². The Hall–Kier alpha value is -0.480. The summed E-state index contributed by atoms with van der Waals surface area (Å²) in [5.41, 5.74) is 1.26. The largest absolute Gasteiger partial charge is 0.312 e. The lowest BCUT2D eigenvalue weighted by molar-refractivity contribution is 0.230. The first-order chi connectivity index (χ1) is 8.93. The minimum Gasteiger partial charge on any atom is -0.312 e. The summed E-state index contributed by atoms with van der Waals surface area (Å²) in [4.78, 5) is 1.36. The quantitative estimate of drug-likeness (QED) is 0.912. The molecule has 1 fully saturated rings. The third kappa shape index (κ3) is 3.34. The molecule has 1 aromatic heterocycles. The van der Waals surface area contributed by atoms with Crippen LogP contribution in [0.2, 0.25) is 0 Å². The summed E-state index contributed by atoms with van der Waals surface area (Å²) < 4.78 is 4.22. The monoisotopic (exact) mass is 281 g/mol. The third-order valence-corrected chi connectivity index (χ3v) is 5.07. The highest BCUT2D eigenvalue weighted by Gasteiger charge is 2.33. The van der Waals surface area contributed by atoms with E-state index in [-0.39, 0.29) is 5.41 Å². The van der Waals surface area contributed by atoms with Crippen LogP contribution in [0.4, 0.5) is 0 Å². The highest BCUT2D eigenvalue weighted by molar-refractivity contribution is 7.05. The SMILES string of the molecule is CNC(c1snnc1C(C)(C)C)C1CCCC(C)C1. The van der Waals surface area contributed by atoms with Gasteiger partial charge < -0.3 is 5.32 Å². The van der Waals surface area contributed by atoms with Gasteiger partial charge in [0.25, 0.3) is 0 Å². The van der Waals surface area contributed by atoms with E-state index in [1.165, 1.54) is 36.3 Å². The molecule has 1 aliphatic rings. The van der Waals surface area contributed by atoms with Gasteiger partial charge >= 0.3 is 0 Å². The number of nitrogens with one attached hydrogen (secondary N) is 1. The number of hydrogen-bond acceptors (Lipinski definition) is 4. The fourth-order valence-electron chi connectivity index (χ4n) is 3.29. The average Bonchev–Trinajstić information content (AvgIpc) is 2.79. The van der Waals surface area contributed by atoms with Crippen LogP contribution in [0.1, 0.15) is 70.0 Å². The molecule has 3 nitrogen and oxygen atoms in total. The van der Waals surface area contributed by atoms with Crippen LogP contribution in [-0.4, -0.2) is 16.6 Å². The van der Waals surface area contributed by atoms with E-state index in [1.54, 1.807) is 11.5 Å². The summed E-state index contributed by atoms with van der Waals surface area (Å²) in [6, 6.07) is 0.428. The molecule has 0 radical (unpaired) electrons. The molecule has 3 unspecified atom stereocenters. The van der Waals surface area contributed by atoms with Gasteiger partial charge in [0.15, 0.2) is 0 Å². The van der Waals surface area contributed by atoms with Crippen molar-refractivity contribution < 1.29 is 0 Å². The second kappa shape index (κ2) is 5.88. The molecule has 0 amide bonds. The highest BCUT2D eigenvalue weighted by atomic mass is 32.1. The molecule has 0 aromatic carbocycles. The van der Waals surface area contributed by atoms with Crippen LogP contribution in [0, 0.1) is 11.8 Å². The maximum atomic E-state index is 4.40. The summed E-state index contributed by atoms with van der Waals surface area (Å²) in [5.74, 6) is 1.59. The van der Waals surface area contributed by atoms with Crippen molar-refractivity contribution in [2.45, 2.75) is 64.8 Å². The summed E-state index contributed by atoms with van der Waals surface area (Å²) in [6.45, 7) is 9.06. The van der Waals surface area contributed by atoms with E-state index in [0.29, 0.717) is 6.04 Å². The van der Waals surface area contributed by atoms with Crippen molar-refractivity contribution in [2.24, 2.45) is 11.8 Å². The Morgan fingerprint density at radius 2 is 2.05 bits per heavy atom. The zero-order valence-electron chi connectivity index (χ0n) is 12.9. The second-order valence-electron chi connectivity index (χ2n) is 7.03. The fraction of sp³-hybridized carbons (Fsp3) is 0.867. The van der Waals surface area contributed by atoms with Crippen LogP contribution in [0.25, 0.3) is 0 Å². The molecule has 1 aromatic rings. The normalized spacial score (nSPS) is 26.4. The third-order valence-electron chi connectivity index (χ3n) is 4.27. The molecule has 4 heteroatoms. The zero-order chi connectivity index (χ0) is 14.0. The fourth-order valence-corrected chi connectivity index (χ4v) is 4.35. The summed E-state index contributed by atoms with van der Waals surface area (Å²) >= 11 is 1.58. The van der Waals surface area contributed by atoms with Crippen LogP contribution >= 0.6 is 11.5 Å². The standard InChI is InChI=1S/C15H27N3S/c1-10-7-6-8-11(9-10)12(16-5)13-14(15(2,3)4)17-18-19-13/h10-12,16H,6-9H2,1-5H3. The van der Waals surface area contributed by atoms with Crippen molar-refractivity contribution in [3.63, 3.8) is 0 Å². The van der Waals surface area contributed by atoms with Crippen LogP contribution in [0.15, 0.2) is 0 Å². The van der Waals surface area contributed by atoms with Crippen molar-refractivity contribution in [2.75, 3.05) is 7.05 Å². The van der Waals surface area contributed by atoms with Gasteiger partial charge in [0.05, 0.1) is 10.6 Å². The molecule has 1 saturated carbocycles. The molecule has 1 N–H and O–H groups in total. The molecule has 0 aliphatic heterocycles. The summed E-state index contributed by atoms with van der Waals surface area (Å²) in [6.07, 6.45) is 5.41. The van der Waals surface area contributed by atoms with E-state index >= 15 is 0 Å². The number of nitrogens with zero attached hydrogens (tertiary/aromatic N) is 2. The van der Waals surface area contributed by atoms with Gasteiger partial charge in [-0.05, 0) is 43.3 Å². The number of hydrogen-bond donors (Lipinski definition) is 1. The molecule has 0 saturated heterocycles. The summed E-state index contributed by atoms with van der Waals surface area (Å²) in [7, 11) is 2.08. The number of aromatic nitrogens is 2. The van der Waals surface area contributed by atoms with Crippen LogP contribution in [0.5, 0.6) is 0 Å². The van der Waals surface area contributed by atoms with Gasteiger partial charge in [0, 0.05) is 11.5 Å². The first kappa shape index (κ1) is 14.9. The average molecular weight is 281 g/mol. The van der Waals surface area contributed by atoms with E-state index in [4.69, 9.17) is 0 Å². The van der Waals surface area contributed by atoms with Crippen molar-refractivity contribution in [1.29, 1.82) is 0 Å². The van der Waals surface area contributed by atoms with Crippen LogP contribution < -0.4 is 5.32 Å². The van der Waals surface area contributed by atoms with Crippen molar-refractivity contribution in [3.05, 3.63) is 10.6 Å². The van der Waals surface area contributed by atoms with Crippen LogP contribution in [0.3, 0.4) is 0 Å². The molecule has 1 heterocycles. The topological polar surface area (TPSA) is 37.8 Å². The first-order valence-corrected chi connectivity index (χ1v) is 8.20. The van der Waals surface area contributed by atoms with Gasteiger partial charge in [0.2, 0.25) is 0 Å². The Labute approximate surface area is 121 Å². The van der Waals surface area contributed by atoms with Crippen LogP contribution in [-0.2, 0) is 5.41 Å². The van der Waals surface area contributed by atoms with Crippen molar-refractivity contribution in [1.82, 2.24) is 14.9 Å². The van der Waals surface area contributed by atoms with E-state index in [1.807, 2.05) is 0 Å². The molecule has 1 aliphatic carbocycles. The van der Waals surface area contributed by atoms with Crippen molar-refractivity contribution in [3.8, 4) is 0 Å². The molecule has 2 rings (SSSR count). The molecule has 3 atom stereocenters.